The highest BCUT2D eigenvalue weighted by Gasteiger charge is 2.60. The zero-order chi connectivity index (χ0) is 17.8. The molecule has 1 N–H and O–H groups in total. The molecule has 1 amide bonds. The van der Waals surface area contributed by atoms with Gasteiger partial charge in [0.15, 0.2) is 6.61 Å². The minimum atomic E-state index is -0.692. The summed E-state index contributed by atoms with van der Waals surface area (Å²) < 4.78 is 11.1. The molecular weight excluding hydrogens is 322 g/mol. The van der Waals surface area contributed by atoms with Crippen molar-refractivity contribution in [2.45, 2.75) is 70.2 Å². The largest absolute Gasteiger partial charge is 0.455 e. The fraction of sp³-hybridized carbons (Fsp3) is 0.895. The molecule has 6 nitrogen and oxygen atoms in total. The van der Waals surface area contributed by atoms with Crippen molar-refractivity contribution < 1.29 is 24.2 Å². The number of esters is 1. The van der Waals surface area contributed by atoms with E-state index in [1.54, 1.807) is 4.90 Å². The third kappa shape index (κ3) is 3.19. The summed E-state index contributed by atoms with van der Waals surface area (Å²) in [6.07, 6.45) is 4.89. The SMILES string of the molecule is C[C@@H]1CN(C(=O)COC(=O)C23C[C@H]4C[C@@H](CC(O)(C4)C2)C3)C[C@H](C)O1. The average Bonchev–Trinajstić information content (AvgIpc) is 2.48. The Kier molecular flexibility index (Phi) is 4.11. The Morgan fingerprint density at radius 2 is 1.72 bits per heavy atom. The highest BCUT2D eigenvalue weighted by atomic mass is 16.5. The first-order valence-corrected chi connectivity index (χ1v) is 9.60. The summed E-state index contributed by atoms with van der Waals surface area (Å²) in [5, 5.41) is 10.8. The summed E-state index contributed by atoms with van der Waals surface area (Å²) in [4.78, 5) is 27.0. The van der Waals surface area contributed by atoms with Crippen molar-refractivity contribution in [3.05, 3.63) is 0 Å². The number of hydrogen-bond donors (Lipinski definition) is 1. The van der Waals surface area contributed by atoms with Crippen molar-refractivity contribution >= 4 is 11.9 Å². The minimum absolute atomic E-state index is 0.000743. The molecular formula is C19H29NO5. The van der Waals surface area contributed by atoms with Crippen LogP contribution >= 0.6 is 0 Å². The van der Waals surface area contributed by atoms with Crippen molar-refractivity contribution in [2.75, 3.05) is 19.7 Å². The average molecular weight is 351 g/mol. The molecule has 6 heteroatoms. The van der Waals surface area contributed by atoms with Gasteiger partial charge in [0.2, 0.25) is 0 Å². The van der Waals surface area contributed by atoms with E-state index in [0.29, 0.717) is 31.3 Å². The highest BCUT2D eigenvalue weighted by molar-refractivity contribution is 5.83. The Bertz CT molecular complexity index is 552. The van der Waals surface area contributed by atoms with Crippen LogP contribution < -0.4 is 0 Å². The molecule has 4 bridgehead atoms. The molecule has 4 aliphatic carbocycles. The van der Waals surface area contributed by atoms with Gasteiger partial charge in [0, 0.05) is 13.1 Å². The van der Waals surface area contributed by atoms with Crippen molar-refractivity contribution in [3.63, 3.8) is 0 Å². The highest BCUT2D eigenvalue weighted by Crippen LogP contribution is 2.61. The number of morpholine rings is 1. The number of aliphatic hydroxyl groups is 1. The van der Waals surface area contributed by atoms with Crippen LogP contribution in [0.5, 0.6) is 0 Å². The van der Waals surface area contributed by atoms with Crippen molar-refractivity contribution in [1.82, 2.24) is 4.90 Å². The molecule has 5 rings (SSSR count). The molecule has 25 heavy (non-hydrogen) atoms. The van der Waals surface area contributed by atoms with Gasteiger partial charge in [-0.2, -0.15) is 0 Å². The third-order valence-corrected chi connectivity index (χ3v) is 6.56. The summed E-state index contributed by atoms with van der Waals surface area (Å²) in [6.45, 7) is 4.76. The van der Waals surface area contributed by atoms with E-state index in [1.165, 1.54) is 0 Å². The molecule has 4 saturated carbocycles. The van der Waals surface area contributed by atoms with Crippen LogP contribution in [0.4, 0.5) is 0 Å². The lowest BCUT2D eigenvalue weighted by Crippen LogP contribution is -2.58. The van der Waals surface area contributed by atoms with Crippen LogP contribution in [-0.4, -0.2) is 59.4 Å². The molecule has 0 aromatic carbocycles. The second-order valence-corrected chi connectivity index (χ2v) is 9.10. The van der Waals surface area contributed by atoms with E-state index in [-0.39, 0.29) is 30.7 Å². The Morgan fingerprint density at radius 1 is 1.12 bits per heavy atom. The number of hydrogen-bond acceptors (Lipinski definition) is 5. The molecule has 0 aromatic heterocycles. The van der Waals surface area contributed by atoms with E-state index in [4.69, 9.17) is 9.47 Å². The van der Waals surface area contributed by atoms with Gasteiger partial charge in [-0.1, -0.05) is 0 Å². The van der Waals surface area contributed by atoms with Gasteiger partial charge >= 0.3 is 5.97 Å². The monoisotopic (exact) mass is 351 g/mol. The van der Waals surface area contributed by atoms with Gasteiger partial charge in [-0.15, -0.1) is 0 Å². The minimum Gasteiger partial charge on any atom is -0.455 e. The van der Waals surface area contributed by atoms with Crippen molar-refractivity contribution in [3.8, 4) is 0 Å². The topological polar surface area (TPSA) is 76.1 Å². The number of amides is 1. The van der Waals surface area contributed by atoms with Gasteiger partial charge in [0.1, 0.15) is 0 Å². The van der Waals surface area contributed by atoms with Crippen LogP contribution in [0.25, 0.3) is 0 Å². The molecule has 0 aromatic rings. The third-order valence-electron chi connectivity index (χ3n) is 6.56. The lowest BCUT2D eigenvalue weighted by molar-refractivity contribution is -0.197. The summed E-state index contributed by atoms with van der Waals surface area (Å²) in [5.74, 6) is 0.424. The zero-order valence-electron chi connectivity index (χ0n) is 15.2. The molecule has 1 saturated heterocycles. The molecule has 4 atom stereocenters. The van der Waals surface area contributed by atoms with E-state index < -0.39 is 11.0 Å². The van der Waals surface area contributed by atoms with Gasteiger partial charge in [0.25, 0.3) is 5.91 Å². The number of rotatable bonds is 3. The number of carbonyl (C=O) groups is 2. The molecule has 1 aliphatic heterocycles. The molecule has 0 spiro atoms. The lowest BCUT2D eigenvalue weighted by Gasteiger charge is -2.58. The van der Waals surface area contributed by atoms with Crippen LogP contribution in [0.1, 0.15) is 52.4 Å². The Morgan fingerprint density at radius 3 is 2.28 bits per heavy atom. The van der Waals surface area contributed by atoms with Gasteiger partial charge in [-0.3, -0.25) is 9.59 Å². The van der Waals surface area contributed by atoms with E-state index in [9.17, 15) is 14.7 Å². The molecule has 0 radical (unpaired) electrons. The first-order chi connectivity index (χ1) is 11.8. The number of nitrogens with zero attached hydrogens (tertiary/aromatic N) is 1. The first-order valence-electron chi connectivity index (χ1n) is 9.60. The number of ether oxygens (including phenoxy) is 2. The van der Waals surface area contributed by atoms with E-state index in [1.807, 2.05) is 13.8 Å². The van der Waals surface area contributed by atoms with Crippen LogP contribution in [-0.2, 0) is 19.1 Å². The normalized spacial score (nSPS) is 45.5. The van der Waals surface area contributed by atoms with Gasteiger partial charge in [-0.25, -0.2) is 0 Å². The summed E-state index contributed by atoms with van der Waals surface area (Å²) in [5.41, 5.74) is -1.26. The van der Waals surface area contributed by atoms with Gasteiger partial charge < -0.3 is 19.5 Å². The maximum atomic E-state index is 12.8. The lowest BCUT2D eigenvalue weighted by atomic mass is 9.48. The van der Waals surface area contributed by atoms with E-state index in [2.05, 4.69) is 0 Å². The van der Waals surface area contributed by atoms with Crippen LogP contribution in [0.2, 0.25) is 0 Å². The summed E-state index contributed by atoms with van der Waals surface area (Å²) >= 11 is 0. The Hall–Kier alpha value is -1.14. The van der Waals surface area contributed by atoms with Crippen LogP contribution in [0.3, 0.4) is 0 Å². The molecule has 0 unspecified atom stereocenters. The van der Waals surface area contributed by atoms with Crippen molar-refractivity contribution in [1.29, 1.82) is 0 Å². The Balaban J connectivity index is 1.37. The predicted octanol–water partition coefficient (Wildman–Crippen LogP) is 1.50. The van der Waals surface area contributed by atoms with Crippen LogP contribution in [0.15, 0.2) is 0 Å². The predicted molar refractivity (Wildman–Crippen MR) is 89.6 cm³/mol. The summed E-state index contributed by atoms with van der Waals surface area (Å²) in [7, 11) is 0. The van der Waals surface area contributed by atoms with E-state index >= 15 is 0 Å². The Labute approximate surface area is 148 Å². The maximum absolute atomic E-state index is 12.8. The molecule has 140 valence electrons. The fourth-order valence-corrected chi connectivity index (χ4v) is 6.21. The molecule has 1 heterocycles. The van der Waals surface area contributed by atoms with Gasteiger partial charge in [0.05, 0.1) is 23.2 Å². The van der Waals surface area contributed by atoms with Crippen LogP contribution in [0, 0.1) is 17.3 Å². The molecule has 5 aliphatic rings. The van der Waals surface area contributed by atoms with E-state index in [0.717, 1.165) is 32.1 Å². The maximum Gasteiger partial charge on any atom is 0.312 e. The smallest absolute Gasteiger partial charge is 0.312 e. The first kappa shape index (κ1) is 17.3. The second-order valence-electron chi connectivity index (χ2n) is 9.10. The quantitative estimate of drug-likeness (QED) is 0.780. The summed E-state index contributed by atoms with van der Waals surface area (Å²) in [6, 6.07) is 0. The molecule has 5 fully saturated rings. The van der Waals surface area contributed by atoms with Crippen molar-refractivity contribution in [2.24, 2.45) is 17.3 Å². The number of carbonyl (C=O) groups excluding carboxylic acids is 2. The zero-order valence-corrected chi connectivity index (χ0v) is 15.2. The second kappa shape index (κ2) is 5.95. The fourth-order valence-electron chi connectivity index (χ4n) is 6.21. The standard InChI is InChI=1S/C19H29NO5/c1-12-8-20(9-13(2)25-12)16(21)10-24-17(22)18-4-14-3-15(5-18)7-19(23,6-14)11-18/h12-15,23H,3-11H2,1-2H3/t12-,13+,14-,15-,18?,19?/m1/s1. The van der Waals surface area contributed by atoms with Gasteiger partial charge in [-0.05, 0) is 64.2 Å².